The zero-order chi connectivity index (χ0) is 16.8. The standard InChI is InChI=1S/C16H22FN3O3/c1-18-16(22)14-11-19(13-5-3-12(17)4-6-13)8-9-20(14)15(21)7-10-23-2/h3-6,14H,7-11H2,1-2H3,(H,18,22). The van der Waals surface area contributed by atoms with Crippen LogP contribution in [0.25, 0.3) is 0 Å². The normalized spacial score (nSPS) is 18.0. The number of likely N-dealkylation sites (N-methyl/N-ethyl adjacent to an activating group) is 1. The number of ether oxygens (including phenoxy) is 1. The maximum absolute atomic E-state index is 13.1. The molecular weight excluding hydrogens is 301 g/mol. The summed E-state index contributed by atoms with van der Waals surface area (Å²) in [4.78, 5) is 28.0. The van der Waals surface area contributed by atoms with E-state index in [4.69, 9.17) is 4.74 Å². The van der Waals surface area contributed by atoms with Gasteiger partial charge in [-0.05, 0) is 24.3 Å². The Morgan fingerprint density at radius 3 is 2.61 bits per heavy atom. The average molecular weight is 323 g/mol. The molecule has 1 saturated heterocycles. The van der Waals surface area contributed by atoms with E-state index in [0.29, 0.717) is 26.2 Å². The summed E-state index contributed by atoms with van der Waals surface area (Å²) in [5.41, 5.74) is 0.837. The fourth-order valence-electron chi connectivity index (χ4n) is 2.69. The Morgan fingerprint density at radius 1 is 1.30 bits per heavy atom. The Kier molecular flexibility index (Phi) is 5.92. The van der Waals surface area contributed by atoms with Crippen LogP contribution >= 0.6 is 0 Å². The first kappa shape index (κ1) is 17.2. The van der Waals surface area contributed by atoms with Gasteiger partial charge in [-0.25, -0.2) is 4.39 Å². The summed E-state index contributed by atoms with van der Waals surface area (Å²) in [6, 6.07) is 5.57. The number of halogens is 1. The highest BCUT2D eigenvalue weighted by atomic mass is 19.1. The van der Waals surface area contributed by atoms with E-state index in [-0.39, 0.29) is 24.1 Å². The van der Waals surface area contributed by atoms with Crippen molar-refractivity contribution < 1.29 is 18.7 Å². The highest BCUT2D eigenvalue weighted by Crippen LogP contribution is 2.20. The molecule has 1 aliphatic heterocycles. The van der Waals surface area contributed by atoms with E-state index in [9.17, 15) is 14.0 Å². The number of anilines is 1. The molecule has 0 saturated carbocycles. The monoisotopic (exact) mass is 323 g/mol. The minimum atomic E-state index is -0.567. The molecule has 2 rings (SSSR count). The van der Waals surface area contributed by atoms with Gasteiger partial charge in [-0.3, -0.25) is 9.59 Å². The summed E-state index contributed by atoms with van der Waals surface area (Å²) in [5, 5.41) is 2.61. The molecule has 126 valence electrons. The van der Waals surface area contributed by atoms with Gasteiger partial charge in [-0.15, -0.1) is 0 Å². The Bertz CT molecular complexity index is 550. The fourth-order valence-corrected chi connectivity index (χ4v) is 2.69. The minimum absolute atomic E-state index is 0.0980. The van der Waals surface area contributed by atoms with Crippen molar-refractivity contribution in [1.29, 1.82) is 0 Å². The summed E-state index contributed by atoms with van der Waals surface area (Å²) in [6.45, 7) is 1.75. The Morgan fingerprint density at radius 2 is 2.00 bits per heavy atom. The van der Waals surface area contributed by atoms with Gasteiger partial charge in [-0.2, -0.15) is 0 Å². The number of carbonyl (C=O) groups excluding carboxylic acids is 2. The number of piperazine rings is 1. The number of hydrogen-bond donors (Lipinski definition) is 1. The lowest BCUT2D eigenvalue weighted by Gasteiger charge is -2.41. The van der Waals surface area contributed by atoms with Crippen molar-refractivity contribution >= 4 is 17.5 Å². The average Bonchev–Trinajstić information content (AvgIpc) is 2.59. The van der Waals surface area contributed by atoms with Crippen LogP contribution in [0.2, 0.25) is 0 Å². The number of carbonyl (C=O) groups is 2. The van der Waals surface area contributed by atoms with Crippen LogP contribution in [0, 0.1) is 5.82 Å². The second-order valence-corrected chi connectivity index (χ2v) is 5.38. The summed E-state index contributed by atoms with van der Waals surface area (Å²) < 4.78 is 18.0. The van der Waals surface area contributed by atoms with Crippen molar-refractivity contribution in [2.24, 2.45) is 0 Å². The highest BCUT2D eigenvalue weighted by molar-refractivity contribution is 5.88. The number of hydrogen-bond acceptors (Lipinski definition) is 4. The molecule has 1 fully saturated rings. The molecule has 0 bridgehead atoms. The molecular formula is C16H22FN3O3. The molecule has 7 heteroatoms. The van der Waals surface area contributed by atoms with Crippen LogP contribution < -0.4 is 10.2 Å². The van der Waals surface area contributed by atoms with Crippen LogP contribution in [0.3, 0.4) is 0 Å². The van der Waals surface area contributed by atoms with Crippen LogP contribution in [0.1, 0.15) is 6.42 Å². The molecule has 0 spiro atoms. The third kappa shape index (κ3) is 4.19. The molecule has 1 unspecified atom stereocenters. The zero-order valence-electron chi connectivity index (χ0n) is 13.4. The van der Waals surface area contributed by atoms with Crippen molar-refractivity contribution in [1.82, 2.24) is 10.2 Å². The van der Waals surface area contributed by atoms with Gasteiger partial charge in [0, 0.05) is 39.5 Å². The van der Waals surface area contributed by atoms with Crippen LogP contribution in [0.15, 0.2) is 24.3 Å². The smallest absolute Gasteiger partial charge is 0.244 e. The highest BCUT2D eigenvalue weighted by Gasteiger charge is 2.34. The summed E-state index contributed by atoms with van der Waals surface area (Å²) in [6.07, 6.45) is 0.251. The van der Waals surface area contributed by atoms with Gasteiger partial charge < -0.3 is 19.9 Å². The summed E-state index contributed by atoms with van der Waals surface area (Å²) in [7, 11) is 3.09. The molecule has 1 heterocycles. The van der Waals surface area contributed by atoms with E-state index in [1.54, 1.807) is 24.1 Å². The molecule has 6 nitrogen and oxygen atoms in total. The molecule has 1 aromatic rings. The van der Waals surface area contributed by atoms with Gasteiger partial charge in [0.2, 0.25) is 11.8 Å². The first-order valence-corrected chi connectivity index (χ1v) is 7.57. The lowest BCUT2D eigenvalue weighted by atomic mass is 10.1. The third-order valence-electron chi connectivity index (χ3n) is 3.96. The van der Waals surface area contributed by atoms with Gasteiger partial charge in [-0.1, -0.05) is 0 Å². The SMILES string of the molecule is CNC(=O)C1CN(c2ccc(F)cc2)CCN1C(=O)CCOC. The second-order valence-electron chi connectivity index (χ2n) is 5.38. The fraction of sp³-hybridized carbons (Fsp3) is 0.500. The van der Waals surface area contributed by atoms with Crippen LogP contribution in [-0.4, -0.2) is 63.2 Å². The van der Waals surface area contributed by atoms with Crippen LogP contribution in [-0.2, 0) is 14.3 Å². The number of rotatable bonds is 5. The molecule has 0 aromatic heterocycles. The maximum Gasteiger partial charge on any atom is 0.244 e. The number of nitrogens with one attached hydrogen (secondary N) is 1. The van der Waals surface area contributed by atoms with Crippen molar-refractivity contribution in [2.75, 3.05) is 45.3 Å². The molecule has 1 aromatic carbocycles. The van der Waals surface area contributed by atoms with Crippen molar-refractivity contribution in [3.05, 3.63) is 30.1 Å². The van der Waals surface area contributed by atoms with Gasteiger partial charge in [0.05, 0.1) is 13.0 Å². The quantitative estimate of drug-likeness (QED) is 0.863. The Balaban J connectivity index is 2.12. The predicted octanol–water partition coefficient (Wildman–Crippen LogP) is 0.625. The molecule has 1 aliphatic rings. The van der Waals surface area contributed by atoms with Crippen molar-refractivity contribution in [3.63, 3.8) is 0 Å². The van der Waals surface area contributed by atoms with Gasteiger partial charge in [0.15, 0.2) is 0 Å². The molecule has 0 radical (unpaired) electrons. The van der Waals surface area contributed by atoms with Crippen LogP contribution in [0.5, 0.6) is 0 Å². The van der Waals surface area contributed by atoms with Gasteiger partial charge in [0.25, 0.3) is 0 Å². The molecule has 23 heavy (non-hydrogen) atoms. The van der Waals surface area contributed by atoms with E-state index in [0.717, 1.165) is 5.69 Å². The van der Waals surface area contributed by atoms with E-state index in [1.165, 1.54) is 19.2 Å². The Hall–Kier alpha value is -2.15. The lowest BCUT2D eigenvalue weighted by Crippen LogP contribution is -2.60. The summed E-state index contributed by atoms with van der Waals surface area (Å²) >= 11 is 0. The van der Waals surface area contributed by atoms with Crippen LogP contribution in [0.4, 0.5) is 10.1 Å². The topological polar surface area (TPSA) is 61.9 Å². The first-order valence-electron chi connectivity index (χ1n) is 7.57. The van der Waals surface area contributed by atoms with Crippen molar-refractivity contribution in [2.45, 2.75) is 12.5 Å². The van der Waals surface area contributed by atoms with E-state index in [2.05, 4.69) is 5.32 Å². The number of nitrogens with zero attached hydrogens (tertiary/aromatic N) is 2. The third-order valence-corrected chi connectivity index (χ3v) is 3.96. The zero-order valence-corrected chi connectivity index (χ0v) is 13.4. The molecule has 0 aliphatic carbocycles. The number of methoxy groups -OCH3 is 1. The van der Waals surface area contributed by atoms with Crippen molar-refractivity contribution in [3.8, 4) is 0 Å². The van der Waals surface area contributed by atoms with E-state index in [1.807, 2.05) is 4.90 Å². The second kappa shape index (κ2) is 7.92. The van der Waals surface area contributed by atoms with Gasteiger partial charge >= 0.3 is 0 Å². The predicted molar refractivity (Wildman–Crippen MR) is 84.7 cm³/mol. The molecule has 1 N–H and O–H groups in total. The number of amides is 2. The van der Waals surface area contributed by atoms with E-state index < -0.39 is 6.04 Å². The van der Waals surface area contributed by atoms with Gasteiger partial charge in [0.1, 0.15) is 11.9 Å². The first-order chi connectivity index (χ1) is 11.1. The molecule has 2 amide bonds. The summed E-state index contributed by atoms with van der Waals surface area (Å²) in [5.74, 6) is -0.605. The largest absolute Gasteiger partial charge is 0.384 e. The minimum Gasteiger partial charge on any atom is -0.384 e. The Labute approximate surface area is 135 Å². The lowest BCUT2D eigenvalue weighted by molar-refractivity contribution is -0.141. The molecule has 1 atom stereocenters. The van der Waals surface area contributed by atoms with E-state index >= 15 is 0 Å². The number of benzene rings is 1. The maximum atomic E-state index is 13.1.